The van der Waals surface area contributed by atoms with Gasteiger partial charge < -0.3 is 19.1 Å². The SMILES string of the molecule is CCOc1ccc(S(=O)(=O)NC2CCN(C(=O)c3ccc4c(c3)OCO4)CC2)cc1. The lowest BCUT2D eigenvalue weighted by molar-refractivity contribution is 0.0711. The average molecular weight is 432 g/mol. The van der Waals surface area contributed by atoms with Crippen molar-refractivity contribution in [3.8, 4) is 17.2 Å². The molecule has 0 radical (unpaired) electrons. The summed E-state index contributed by atoms with van der Waals surface area (Å²) in [5, 5.41) is 0. The minimum atomic E-state index is -3.63. The molecule has 2 aliphatic rings. The zero-order chi connectivity index (χ0) is 21.1. The number of amides is 1. The number of carbonyl (C=O) groups excluding carboxylic acids is 1. The van der Waals surface area contributed by atoms with Crippen molar-refractivity contribution in [3.05, 3.63) is 48.0 Å². The van der Waals surface area contributed by atoms with Crippen LogP contribution in [-0.2, 0) is 10.0 Å². The van der Waals surface area contributed by atoms with Gasteiger partial charge in [0.2, 0.25) is 16.8 Å². The van der Waals surface area contributed by atoms with Gasteiger partial charge in [-0.15, -0.1) is 0 Å². The molecule has 2 aromatic carbocycles. The Labute approximate surface area is 175 Å². The van der Waals surface area contributed by atoms with Gasteiger partial charge in [0, 0.05) is 24.7 Å². The van der Waals surface area contributed by atoms with E-state index in [0.29, 0.717) is 55.4 Å². The molecule has 8 nitrogen and oxygen atoms in total. The zero-order valence-electron chi connectivity index (χ0n) is 16.7. The highest BCUT2D eigenvalue weighted by Gasteiger charge is 2.28. The summed E-state index contributed by atoms with van der Waals surface area (Å²) in [6, 6.07) is 11.3. The van der Waals surface area contributed by atoms with E-state index in [2.05, 4.69) is 4.72 Å². The van der Waals surface area contributed by atoms with E-state index in [-0.39, 0.29) is 23.6 Å². The van der Waals surface area contributed by atoms with Gasteiger partial charge in [0.25, 0.3) is 5.91 Å². The summed E-state index contributed by atoms with van der Waals surface area (Å²) in [6.45, 7) is 3.50. The summed E-state index contributed by atoms with van der Waals surface area (Å²) in [7, 11) is -3.63. The van der Waals surface area contributed by atoms with Crippen molar-refractivity contribution in [2.75, 3.05) is 26.5 Å². The Morgan fingerprint density at radius 2 is 1.80 bits per heavy atom. The van der Waals surface area contributed by atoms with Crippen molar-refractivity contribution < 1.29 is 27.4 Å². The van der Waals surface area contributed by atoms with Gasteiger partial charge in [0.1, 0.15) is 5.75 Å². The Kier molecular flexibility index (Phi) is 5.83. The first kappa shape index (κ1) is 20.5. The number of hydrogen-bond acceptors (Lipinski definition) is 6. The molecule has 1 saturated heterocycles. The summed E-state index contributed by atoms with van der Waals surface area (Å²) in [5.74, 6) is 1.74. The van der Waals surface area contributed by atoms with E-state index in [1.165, 1.54) is 12.1 Å². The number of nitrogens with one attached hydrogen (secondary N) is 1. The molecule has 2 heterocycles. The first-order valence-electron chi connectivity index (χ1n) is 9.90. The predicted octanol–water partition coefficient (Wildman–Crippen LogP) is 2.40. The molecule has 0 bridgehead atoms. The Bertz CT molecular complexity index is 1010. The lowest BCUT2D eigenvalue weighted by atomic mass is 10.0. The number of benzene rings is 2. The molecule has 0 atom stereocenters. The van der Waals surface area contributed by atoms with Gasteiger partial charge in [0.15, 0.2) is 11.5 Å². The van der Waals surface area contributed by atoms with E-state index in [0.717, 1.165) is 0 Å². The second kappa shape index (κ2) is 8.53. The molecular weight excluding hydrogens is 408 g/mol. The predicted molar refractivity (Wildman–Crippen MR) is 109 cm³/mol. The summed E-state index contributed by atoms with van der Waals surface area (Å²) in [4.78, 5) is 14.7. The van der Waals surface area contributed by atoms with Crippen molar-refractivity contribution in [2.45, 2.75) is 30.7 Å². The van der Waals surface area contributed by atoms with Crippen LogP contribution in [0.4, 0.5) is 0 Å². The quantitative estimate of drug-likeness (QED) is 0.753. The molecule has 30 heavy (non-hydrogen) atoms. The van der Waals surface area contributed by atoms with E-state index in [4.69, 9.17) is 14.2 Å². The fourth-order valence-corrected chi connectivity index (χ4v) is 4.89. The van der Waals surface area contributed by atoms with E-state index in [9.17, 15) is 13.2 Å². The standard InChI is InChI=1S/C21H24N2O6S/c1-2-27-17-4-6-18(7-5-17)30(25,26)22-16-9-11-23(12-10-16)21(24)15-3-8-19-20(13-15)29-14-28-19/h3-8,13,16,22H,2,9-12,14H2,1H3. The van der Waals surface area contributed by atoms with E-state index in [1.807, 2.05) is 6.92 Å². The maximum absolute atomic E-state index is 12.8. The number of hydrogen-bond donors (Lipinski definition) is 1. The molecule has 2 aromatic rings. The van der Waals surface area contributed by atoms with E-state index >= 15 is 0 Å². The van der Waals surface area contributed by atoms with Crippen LogP contribution in [0.3, 0.4) is 0 Å². The van der Waals surface area contributed by atoms with Crippen LogP contribution in [-0.4, -0.2) is 51.8 Å². The normalized spacial score (nSPS) is 16.5. The number of sulfonamides is 1. The van der Waals surface area contributed by atoms with Gasteiger partial charge in [0.05, 0.1) is 11.5 Å². The van der Waals surface area contributed by atoms with Crippen molar-refractivity contribution in [2.24, 2.45) is 0 Å². The molecular formula is C21H24N2O6S. The molecule has 0 aromatic heterocycles. The van der Waals surface area contributed by atoms with Crippen molar-refractivity contribution in [3.63, 3.8) is 0 Å². The van der Waals surface area contributed by atoms with Crippen molar-refractivity contribution in [1.82, 2.24) is 9.62 Å². The van der Waals surface area contributed by atoms with Gasteiger partial charge in [-0.2, -0.15) is 0 Å². The molecule has 9 heteroatoms. The first-order valence-corrected chi connectivity index (χ1v) is 11.4. The van der Waals surface area contributed by atoms with Crippen molar-refractivity contribution >= 4 is 15.9 Å². The second-order valence-electron chi connectivity index (χ2n) is 7.16. The van der Waals surface area contributed by atoms with Gasteiger partial charge in [-0.3, -0.25) is 4.79 Å². The van der Waals surface area contributed by atoms with E-state index < -0.39 is 10.0 Å². The highest BCUT2D eigenvalue weighted by molar-refractivity contribution is 7.89. The number of likely N-dealkylation sites (tertiary alicyclic amines) is 1. The maximum Gasteiger partial charge on any atom is 0.253 e. The summed E-state index contributed by atoms with van der Waals surface area (Å²) < 4.78 is 44.0. The monoisotopic (exact) mass is 432 g/mol. The lowest BCUT2D eigenvalue weighted by Gasteiger charge is -2.32. The van der Waals surface area contributed by atoms with Crippen molar-refractivity contribution in [1.29, 1.82) is 0 Å². The Balaban J connectivity index is 1.34. The number of nitrogens with zero attached hydrogens (tertiary/aromatic N) is 1. The topological polar surface area (TPSA) is 94.2 Å². The highest BCUT2D eigenvalue weighted by Crippen LogP contribution is 2.33. The third-order valence-corrected chi connectivity index (χ3v) is 6.70. The minimum Gasteiger partial charge on any atom is -0.494 e. The van der Waals surface area contributed by atoms with Crippen LogP contribution in [0.5, 0.6) is 17.2 Å². The lowest BCUT2D eigenvalue weighted by Crippen LogP contribution is -2.46. The molecule has 4 rings (SSSR count). The largest absolute Gasteiger partial charge is 0.494 e. The maximum atomic E-state index is 12.8. The van der Waals surface area contributed by atoms with Gasteiger partial charge in [-0.25, -0.2) is 13.1 Å². The van der Waals surface area contributed by atoms with Crippen LogP contribution in [0.1, 0.15) is 30.1 Å². The molecule has 2 aliphatic heterocycles. The van der Waals surface area contributed by atoms with Gasteiger partial charge in [-0.05, 0) is 62.2 Å². The Morgan fingerprint density at radius 1 is 1.10 bits per heavy atom. The molecule has 0 aliphatic carbocycles. The number of ether oxygens (including phenoxy) is 3. The fraction of sp³-hybridized carbons (Fsp3) is 0.381. The van der Waals surface area contributed by atoms with Crippen LogP contribution in [0.15, 0.2) is 47.4 Å². The summed E-state index contributed by atoms with van der Waals surface area (Å²) >= 11 is 0. The Morgan fingerprint density at radius 3 is 2.50 bits per heavy atom. The smallest absolute Gasteiger partial charge is 0.253 e. The Hall–Kier alpha value is -2.78. The molecule has 0 unspecified atom stereocenters. The summed E-state index contributed by atoms with van der Waals surface area (Å²) in [5.41, 5.74) is 0.535. The average Bonchev–Trinajstić information content (AvgIpc) is 3.22. The van der Waals surface area contributed by atoms with Crippen LogP contribution >= 0.6 is 0 Å². The summed E-state index contributed by atoms with van der Waals surface area (Å²) in [6.07, 6.45) is 1.10. The fourth-order valence-electron chi connectivity index (χ4n) is 3.58. The third kappa shape index (κ3) is 4.36. The number of fused-ring (bicyclic) bond motifs is 1. The molecule has 1 amide bonds. The highest BCUT2D eigenvalue weighted by atomic mass is 32.2. The van der Waals surface area contributed by atoms with Crippen LogP contribution in [0.2, 0.25) is 0 Å². The molecule has 1 fully saturated rings. The number of piperidine rings is 1. The van der Waals surface area contributed by atoms with Crippen LogP contribution < -0.4 is 18.9 Å². The molecule has 1 N–H and O–H groups in total. The third-order valence-electron chi connectivity index (χ3n) is 5.17. The second-order valence-corrected chi connectivity index (χ2v) is 8.87. The van der Waals surface area contributed by atoms with E-state index in [1.54, 1.807) is 35.2 Å². The van der Waals surface area contributed by atoms with Crippen LogP contribution in [0.25, 0.3) is 0 Å². The molecule has 0 saturated carbocycles. The van der Waals surface area contributed by atoms with Gasteiger partial charge >= 0.3 is 0 Å². The minimum absolute atomic E-state index is 0.0962. The first-order chi connectivity index (χ1) is 14.5. The molecule has 160 valence electrons. The van der Waals surface area contributed by atoms with Crippen LogP contribution in [0, 0.1) is 0 Å². The van der Waals surface area contributed by atoms with Gasteiger partial charge in [-0.1, -0.05) is 0 Å². The number of rotatable bonds is 6. The number of carbonyl (C=O) groups is 1. The zero-order valence-corrected chi connectivity index (χ0v) is 17.5. The molecule has 0 spiro atoms.